The summed E-state index contributed by atoms with van der Waals surface area (Å²) in [5.74, 6) is -0.303. The molecule has 1 aromatic heterocycles. The Hall–Kier alpha value is -2.62. The third-order valence-corrected chi connectivity index (χ3v) is 3.85. The van der Waals surface area contributed by atoms with Gasteiger partial charge in [0, 0.05) is 6.20 Å². The number of unbranched alkanes of at least 4 members (excludes halogenated alkanes) is 1. The van der Waals surface area contributed by atoms with Gasteiger partial charge in [-0.3, -0.25) is 0 Å². The second kappa shape index (κ2) is 6.65. The predicted octanol–water partition coefficient (Wildman–Crippen LogP) is 4.29. The van der Waals surface area contributed by atoms with E-state index in [-0.39, 0.29) is 5.97 Å². The molecule has 0 N–H and O–H groups in total. The van der Waals surface area contributed by atoms with Crippen molar-refractivity contribution in [1.82, 2.24) is 9.78 Å². The van der Waals surface area contributed by atoms with Crippen LogP contribution >= 0.6 is 0 Å². The lowest BCUT2D eigenvalue weighted by Gasteiger charge is -2.03. The quantitative estimate of drug-likeness (QED) is 0.521. The monoisotopic (exact) mass is 308 g/mol. The normalized spacial score (nSPS) is 10.9. The van der Waals surface area contributed by atoms with Crippen molar-refractivity contribution in [1.29, 1.82) is 0 Å². The Morgan fingerprint density at radius 3 is 2.74 bits per heavy atom. The van der Waals surface area contributed by atoms with E-state index < -0.39 is 0 Å². The summed E-state index contributed by atoms with van der Waals surface area (Å²) in [7, 11) is 0. The van der Waals surface area contributed by atoms with Gasteiger partial charge in [-0.15, -0.1) is 0 Å². The van der Waals surface area contributed by atoms with Gasteiger partial charge in [0.1, 0.15) is 5.56 Å². The van der Waals surface area contributed by atoms with Gasteiger partial charge in [0.15, 0.2) is 0 Å². The minimum atomic E-state index is -0.303. The lowest BCUT2D eigenvalue weighted by Crippen LogP contribution is -2.06. The van der Waals surface area contributed by atoms with Gasteiger partial charge in [-0.25, -0.2) is 9.48 Å². The number of nitrogens with zero attached hydrogens (tertiary/aromatic N) is 2. The van der Waals surface area contributed by atoms with Crippen molar-refractivity contribution in [2.75, 3.05) is 6.61 Å². The summed E-state index contributed by atoms with van der Waals surface area (Å²) in [5, 5.41) is 6.78. The molecule has 3 aromatic rings. The second-order valence-corrected chi connectivity index (χ2v) is 5.59. The average molecular weight is 308 g/mol. The molecule has 0 unspecified atom stereocenters. The molecule has 0 aliphatic carbocycles. The molecule has 0 bridgehead atoms. The van der Waals surface area contributed by atoms with E-state index >= 15 is 0 Å². The molecule has 0 amide bonds. The van der Waals surface area contributed by atoms with Crippen LogP contribution in [-0.2, 0) is 4.74 Å². The minimum absolute atomic E-state index is 0.303. The first-order chi connectivity index (χ1) is 11.2. The standard InChI is InChI=1S/C19H20N2O2/c1-3-4-11-23-19(22)18-13-21(20-14(18)2)17-10-9-15-7-5-6-8-16(15)12-17/h5-10,12-13H,3-4,11H2,1-2H3. The first-order valence-corrected chi connectivity index (χ1v) is 7.91. The van der Waals surface area contributed by atoms with E-state index in [0.717, 1.165) is 23.9 Å². The number of benzene rings is 2. The summed E-state index contributed by atoms with van der Waals surface area (Å²) in [6.07, 6.45) is 3.62. The maximum absolute atomic E-state index is 12.1. The molecule has 4 heteroatoms. The van der Waals surface area contributed by atoms with Gasteiger partial charge in [-0.2, -0.15) is 5.10 Å². The molecule has 0 aliphatic heterocycles. The van der Waals surface area contributed by atoms with Crippen molar-refractivity contribution in [3.63, 3.8) is 0 Å². The highest BCUT2D eigenvalue weighted by atomic mass is 16.5. The number of carbonyl (C=O) groups excluding carboxylic acids is 1. The first-order valence-electron chi connectivity index (χ1n) is 7.91. The summed E-state index contributed by atoms with van der Waals surface area (Å²) < 4.78 is 7.01. The first kappa shape index (κ1) is 15.3. The number of hydrogen-bond donors (Lipinski definition) is 0. The largest absolute Gasteiger partial charge is 0.462 e. The lowest BCUT2D eigenvalue weighted by atomic mass is 10.1. The number of rotatable bonds is 5. The fourth-order valence-corrected chi connectivity index (χ4v) is 2.50. The molecular weight excluding hydrogens is 288 g/mol. The molecule has 23 heavy (non-hydrogen) atoms. The molecule has 0 saturated carbocycles. The minimum Gasteiger partial charge on any atom is -0.462 e. The van der Waals surface area contributed by atoms with E-state index in [0.29, 0.717) is 17.9 Å². The van der Waals surface area contributed by atoms with Gasteiger partial charge in [0.05, 0.1) is 18.0 Å². The van der Waals surface area contributed by atoms with Crippen LogP contribution in [0, 0.1) is 6.92 Å². The van der Waals surface area contributed by atoms with Gasteiger partial charge in [0.25, 0.3) is 0 Å². The highest BCUT2D eigenvalue weighted by Gasteiger charge is 2.15. The maximum atomic E-state index is 12.1. The van der Waals surface area contributed by atoms with Crippen molar-refractivity contribution in [2.45, 2.75) is 26.7 Å². The van der Waals surface area contributed by atoms with E-state index in [4.69, 9.17) is 4.74 Å². The Labute approximate surface area is 135 Å². The zero-order valence-corrected chi connectivity index (χ0v) is 13.5. The molecule has 0 saturated heterocycles. The zero-order chi connectivity index (χ0) is 16.2. The molecule has 4 nitrogen and oxygen atoms in total. The third kappa shape index (κ3) is 3.26. The van der Waals surface area contributed by atoms with Crippen LogP contribution in [0.3, 0.4) is 0 Å². The number of ether oxygens (including phenoxy) is 1. The van der Waals surface area contributed by atoms with Crippen molar-refractivity contribution in [3.8, 4) is 5.69 Å². The van der Waals surface area contributed by atoms with Crippen molar-refractivity contribution < 1.29 is 9.53 Å². The lowest BCUT2D eigenvalue weighted by molar-refractivity contribution is 0.0499. The summed E-state index contributed by atoms with van der Waals surface area (Å²) >= 11 is 0. The highest BCUT2D eigenvalue weighted by Crippen LogP contribution is 2.19. The van der Waals surface area contributed by atoms with Crippen LogP contribution in [-0.4, -0.2) is 22.4 Å². The summed E-state index contributed by atoms with van der Waals surface area (Å²) in [4.78, 5) is 12.1. The molecule has 0 spiro atoms. The Morgan fingerprint density at radius 1 is 1.17 bits per heavy atom. The predicted molar refractivity (Wildman–Crippen MR) is 91.0 cm³/mol. The van der Waals surface area contributed by atoms with Crippen LogP contribution in [0.4, 0.5) is 0 Å². The Kier molecular flexibility index (Phi) is 4.42. The maximum Gasteiger partial charge on any atom is 0.341 e. The number of hydrogen-bond acceptors (Lipinski definition) is 3. The smallest absolute Gasteiger partial charge is 0.341 e. The molecule has 118 valence electrons. The number of carbonyl (C=O) groups is 1. The molecule has 3 rings (SSSR count). The summed E-state index contributed by atoms with van der Waals surface area (Å²) in [6, 6.07) is 14.3. The van der Waals surface area contributed by atoms with E-state index in [9.17, 15) is 4.79 Å². The zero-order valence-electron chi connectivity index (χ0n) is 13.5. The summed E-state index contributed by atoms with van der Waals surface area (Å²) in [6.45, 7) is 4.35. The number of aryl methyl sites for hydroxylation is 1. The highest BCUT2D eigenvalue weighted by molar-refractivity contribution is 5.90. The van der Waals surface area contributed by atoms with Gasteiger partial charge in [0.2, 0.25) is 0 Å². The molecule has 2 aromatic carbocycles. The van der Waals surface area contributed by atoms with Crippen LogP contribution in [0.5, 0.6) is 0 Å². The molecular formula is C19H20N2O2. The van der Waals surface area contributed by atoms with E-state index in [1.165, 1.54) is 5.39 Å². The second-order valence-electron chi connectivity index (χ2n) is 5.59. The van der Waals surface area contributed by atoms with Crippen LogP contribution in [0.2, 0.25) is 0 Å². The van der Waals surface area contributed by atoms with Crippen molar-refractivity contribution in [2.24, 2.45) is 0 Å². The molecule has 0 radical (unpaired) electrons. The van der Waals surface area contributed by atoms with E-state index in [1.54, 1.807) is 10.9 Å². The van der Waals surface area contributed by atoms with Crippen LogP contribution in [0.15, 0.2) is 48.7 Å². The fraction of sp³-hybridized carbons (Fsp3) is 0.263. The van der Waals surface area contributed by atoms with Crippen molar-refractivity contribution in [3.05, 3.63) is 59.9 Å². The number of fused-ring (bicyclic) bond motifs is 1. The Bertz CT molecular complexity index is 836. The van der Waals surface area contributed by atoms with Gasteiger partial charge >= 0.3 is 5.97 Å². The van der Waals surface area contributed by atoms with E-state index in [1.807, 2.05) is 25.1 Å². The fourth-order valence-electron chi connectivity index (χ4n) is 2.50. The topological polar surface area (TPSA) is 44.1 Å². The van der Waals surface area contributed by atoms with Gasteiger partial charge in [-0.05, 0) is 36.2 Å². The number of aromatic nitrogens is 2. The van der Waals surface area contributed by atoms with Gasteiger partial charge in [-0.1, -0.05) is 43.7 Å². The third-order valence-electron chi connectivity index (χ3n) is 3.85. The SMILES string of the molecule is CCCCOC(=O)c1cn(-c2ccc3ccccc3c2)nc1C. The van der Waals surface area contributed by atoms with Crippen LogP contribution in [0.1, 0.15) is 35.8 Å². The average Bonchev–Trinajstić information content (AvgIpc) is 2.96. The molecule has 1 heterocycles. The molecule has 0 fully saturated rings. The van der Waals surface area contributed by atoms with Crippen LogP contribution < -0.4 is 0 Å². The van der Waals surface area contributed by atoms with E-state index in [2.05, 4.69) is 36.3 Å². The number of esters is 1. The van der Waals surface area contributed by atoms with Crippen molar-refractivity contribution >= 4 is 16.7 Å². The van der Waals surface area contributed by atoms with Gasteiger partial charge < -0.3 is 4.74 Å². The van der Waals surface area contributed by atoms with Crippen LogP contribution in [0.25, 0.3) is 16.5 Å². The Morgan fingerprint density at radius 2 is 1.96 bits per heavy atom. The Balaban J connectivity index is 1.88. The summed E-state index contributed by atoms with van der Waals surface area (Å²) in [5.41, 5.74) is 2.13. The molecule has 0 atom stereocenters. The molecule has 0 aliphatic rings.